The molecule has 0 saturated carbocycles. The summed E-state index contributed by atoms with van der Waals surface area (Å²) < 4.78 is 0. The first-order chi connectivity index (χ1) is 9.24. The van der Waals surface area contributed by atoms with Crippen LogP contribution in [0.2, 0.25) is 0 Å². The smallest absolute Gasteiger partial charge is 0.111 e. The zero-order valence-electron chi connectivity index (χ0n) is 11.7. The molecular formula is C16H21N3. The van der Waals surface area contributed by atoms with Crippen molar-refractivity contribution in [2.45, 2.75) is 32.6 Å². The van der Waals surface area contributed by atoms with Crippen molar-refractivity contribution in [2.75, 3.05) is 13.1 Å². The van der Waals surface area contributed by atoms with Crippen molar-refractivity contribution in [3.8, 4) is 11.3 Å². The highest BCUT2D eigenvalue weighted by atomic mass is 15.0. The number of benzene rings is 1. The highest BCUT2D eigenvalue weighted by Gasteiger charge is 2.19. The lowest BCUT2D eigenvalue weighted by molar-refractivity contribution is 0.448. The molecule has 1 atom stereocenters. The number of H-pyrrole nitrogens is 1. The first-order valence-electron chi connectivity index (χ1n) is 7.08. The van der Waals surface area contributed by atoms with Crippen molar-refractivity contribution in [2.24, 2.45) is 0 Å². The molecule has 0 spiro atoms. The quantitative estimate of drug-likeness (QED) is 0.865. The van der Waals surface area contributed by atoms with Gasteiger partial charge in [0, 0.05) is 23.7 Å². The van der Waals surface area contributed by atoms with Gasteiger partial charge in [0.15, 0.2) is 0 Å². The fraction of sp³-hybridized carbons (Fsp3) is 0.438. The number of hydrogen-bond acceptors (Lipinski definition) is 2. The zero-order valence-corrected chi connectivity index (χ0v) is 11.7. The first-order valence-corrected chi connectivity index (χ1v) is 7.08. The largest absolute Gasteiger partial charge is 0.345 e. The Kier molecular flexibility index (Phi) is 3.38. The fourth-order valence-electron chi connectivity index (χ4n) is 2.75. The van der Waals surface area contributed by atoms with E-state index < -0.39 is 0 Å². The summed E-state index contributed by atoms with van der Waals surface area (Å²) in [5.41, 5.74) is 4.76. The van der Waals surface area contributed by atoms with Gasteiger partial charge in [-0.3, -0.25) is 0 Å². The summed E-state index contributed by atoms with van der Waals surface area (Å²) in [6, 6.07) is 8.60. The minimum absolute atomic E-state index is 0.534. The molecular weight excluding hydrogens is 234 g/mol. The highest BCUT2D eigenvalue weighted by molar-refractivity contribution is 5.62. The minimum atomic E-state index is 0.534. The Morgan fingerprint density at radius 2 is 1.95 bits per heavy atom. The van der Waals surface area contributed by atoms with Gasteiger partial charge in [-0.05, 0) is 33.2 Å². The summed E-state index contributed by atoms with van der Waals surface area (Å²) in [6.07, 6.45) is 2.47. The highest BCUT2D eigenvalue weighted by Crippen LogP contribution is 2.27. The second-order valence-electron chi connectivity index (χ2n) is 5.50. The summed E-state index contributed by atoms with van der Waals surface area (Å²) in [5, 5.41) is 3.45. The number of aromatic nitrogens is 2. The van der Waals surface area contributed by atoms with Crippen LogP contribution in [-0.2, 0) is 0 Å². The number of rotatable bonds is 2. The standard InChI is InChI=1S/C16H21N3/c1-11-5-7-13(8-6-11)15-12(2)18-16(19-15)14-4-3-9-17-10-14/h5-8,14,17H,3-4,9-10H2,1-2H3,(H,18,19). The van der Waals surface area contributed by atoms with E-state index in [-0.39, 0.29) is 0 Å². The van der Waals surface area contributed by atoms with Crippen molar-refractivity contribution in [1.29, 1.82) is 0 Å². The van der Waals surface area contributed by atoms with Gasteiger partial charge in [0.2, 0.25) is 0 Å². The molecule has 19 heavy (non-hydrogen) atoms. The number of nitrogens with zero attached hydrogens (tertiary/aromatic N) is 1. The molecule has 1 aliphatic rings. The van der Waals surface area contributed by atoms with Crippen molar-refractivity contribution in [1.82, 2.24) is 15.3 Å². The molecule has 0 bridgehead atoms. The third kappa shape index (κ3) is 2.56. The van der Waals surface area contributed by atoms with Crippen LogP contribution in [0.25, 0.3) is 11.3 Å². The van der Waals surface area contributed by atoms with Gasteiger partial charge in [0.05, 0.1) is 5.69 Å². The molecule has 0 aliphatic carbocycles. The number of nitrogens with one attached hydrogen (secondary N) is 2. The summed E-state index contributed by atoms with van der Waals surface area (Å²) in [6.45, 7) is 6.41. The topological polar surface area (TPSA) is 40.7 Å². The van der Waals surface area contributed by atoms with Crippen LogP contribution in [0.3, 0.4) is 0 Å². The number of imidazole rings is 1. The molecule has 1 unspecified atom stereocenters. The second kappa shape index (κ2) is 5.17. The normalized spacial score (nSPS) is 19.6. The molecule has 100 valence electrons. The molecule has 1 fully saturated rings. The molecule has 0 radical (unpaired) electrons. The van der Waals surface area contributed by atoms with Gasteiger partial charge in [-0.25, -0.2) is 4.98 Å². The lowest BCUT2D eigenvalue weighted by Crippen LogP contribution is -2.28. The third-order valence-corrected chi connectivity index (χ3v) is 3.91. The predicted octanol–water partition coefficient (Wildman–Crippen LogP) is 3.16. The van der Waals surface area contributed by atoms with Crippen molar-refractivity contribution >= 4 is 0 Å². The Morgan fingerprint density at radius 3 is 2.63 bits per heavy atom. The minimum Gasteiger partial charge on any atom is -0.345 e. The number of aryl methyl sites for hydroxylation is 2. The molecule has 3 rings (SSSR count). The third-order valence-electron chi connectivity index (χ3n) is 3.91. The Labute approximate surface area is 114 Å². The molecule has 3 nitrogen and oxygen atoms in total. The van der Waals surface area contributed by atoms with Gasteiger partial charge < -0.3 is 10.3 Å². The van der Waals surface area contributed by atoms with E-state index in [1.54, 1.807) is 0 Å². The van der Waals surface area contributed by atoms with Crippen molar-refractivity contribution in [3.63, 3.8) is 0 Å². The fourth-order valence-corrected chi connectivity index (χ4v) is 2.75. The SMILES string of the molecule is Cc1ccc(-c2nc(C3CCCNC3)[nH]c2C)cc1. The summed E-state index contributed by atoms with van der Waals surface area (Å²) in [4.78, 5) is 8.31. The maximum absolute atomic E-state index is 4.84. The average Bonchev–Trinajstić information content (AvgIpc) is 2.83. The van der Waals surface area contributed by atoms with Gasteiger partial charge in [0.1, 0.15) is 5.82 Å². The van der Waals surface area contributed by atoms with Crippen LogP contribution in [-0.4, -0.2) is 23.1 Å². The van der Waals surface area contributed by atoms with Gasteiger partial charge >= 0.3 is 0 Å². The molecule has 3 heteroatoms. The molecule has 2 N–H and O–H groups in total. The average molecular weight is 255 g/mol. The van der Waals surface area contributed by atoms with E-state index in [0.29, 0.717) is 5.92 Å². The van der Waals surface area contributed by atoms with Crippen molar-refractivity contribution < 1.29 is 0 Å². The van der Waals surface area contributed by atoms with E-state index in [1.165, 1.54) is 29.7 Å². The first kappa shape index (κ1) is 12.4. The maximum Gasteiger partial charge on any atom is 0.111 e. The molecule has 1 aromatic carbocycles. The molecule has 1 aliphatic heterocycles. The van der Waals surface area contributed by atoms with E-state index in [9.17, 15) is 0 Å². The lowest BCUT2D eigenvalue weighted by Gasteiger charge is -2.20. The number of hydrogen-bond donors (Lipinski definition) is 2. The Balaban J connectivity index is 1.90. The molecule has 2 heterocycles. The van der Waals surface area contributed by atoms with Crippen molar-refractivity contribution in [3.05, 3.63) is 41.3 Å². The molecule has 1 aromatic heterocycles. The van der Waals surface area contributed by atoms with Crippen LogP contribution >= 0.6 is 0 Å². The summed E-state index contributed by atoms with van der Waals surface area (Å²) in [7, 11) is 0. The van der Waals surface area contributed by atoms with Gasteiger partial charge in [-0.1, -0.05) is 29.8 Å². The van der Waals surface area contributed by atoms with E-state index in [2.05, 4.69) is 48.4 Å². The summed E-state index contributed by atoms with van der Waals surface area (Å²) >= 11 is 0. The van der Waals surface area contributed by atoms with Crippen LogP contribution in [0.15, 0.2) is 24.3 Å². The monoisotopic (exact) mass is 255 g/mol. The van der Waals surface area contributed by atoms with E-state index >= 15 is 0 Å². The Bertz CT molecular complexity index is 548. The van der Waals surface area contributed by atoms with Crippen LogP contribution in [0.1, 0.15) is 35.8 Å². The van der Waals surface area contributed by atoms with E-state index in [0.717, 1.165) is 24.6 Å². The van der Waals surface area contributed by atoms with Crippen LogP contribution in [0.5, 0.6) is 0 Å². The number of piperidine rings is 1. The van der Waals surface area contributed by atoms with E-state index in [1.807, 2.05) is 0 Å². The van der Waals surface area contributed by atoms with Crippen LogP contribution < -0.4 is 5.32 Å². The maximum atomic E-state index is 4.84. The number of aromatic amines is 1. The van der Waals surface area contributed by atoms with Gasteiger partial charge in [0.25, 0.3) is 0 Å². The van der Waals surface area contributed by atoms with Gasteiger partial charge in [-0.15, -0.1) is 0 Å². The van der Waals surface area contributed by atoms with E-state index in [4.69, 9.17) is 4.98 Å². The second-order valence-corrected chi connectivity index (χ2v) is 5.50. The van der Waals surface area contributed by atoms with Gasteiger partial charge in [-0.2, -0.15) is 0 Å². The Hall–Kier alpha value is -1.61. The lowest BCUT2D eigenvalue weighted by atomic mass is 9.99. The summed E-state index contributed by atoms with van der Waals surface area (Å²) in [5.74, 6) is 1.67. The molecule has 1 saturated heterocycles. The van der Waals surface area contributed by atoms with Crippen LogP contribution in [0, 0.1) is 13.8 Å². The predicted molar refractivity (Wildman–Crippen MR) is 78.3 cm³/mol. The molecule has 2 aromatic rings. The zero-order chi connectivity index (χ0) is 13.2. The van der Waals surface area contributed by atoms with Crippen LogP contribution in [0.4, 0.5) is 0 Å². The molecule has 0 amide bonds. The Morgan fingerprint density at radius 1 is 1.16 bits per heavy atom.